The number of rotatable bonds is 3. The van der Waals surface area contributed by atoms with Gasteiger partial charge in [-0.05, 0) is 24.8 Å². The standard InChI is InChI=1S/C9H11ClN2O/c10-7-3-8(11)9(12-4-7)13-5-6-1-2-6/h3-4,6H,1-2,5,11H2. The molecule has 1 aromatic rings. The van der Waals surface area contributed by atoms with Crippen molar-refractivity contribution in [2.24, 2.45) is 5.92 Å². The quantitative estimate of drug-likeness (QED) is 0.809. The molecule has 2 rings (SSSR count). The van der Waals surface area contributed by atoms with Crippen molar-refractivity contribution in [1.82, 2.24) is 4.98 Å². The molecular formula is C9H11ClN2O. The average molecular weight is 199 g/mol. The highest BCUT2D eigenvalue weighted by Gasteiger charge is 2.22. The number of hydrogen-bond donors (Lipinski definition) is 1. The Kier molecular flexibility index (Phi) is 2.27. The summed E-state index contributed by atoms with van der Waals surface area (Å²) in [6, 6.07) is 1.65. The summed E-state index contributed by atoms with van der Waals surface area (Å²) in [4.78, 5) is 4.00. The number of aromatic nitrogens is 1. The largest absolute Gasteiger partial charge is 0.476 e. The highest BCUT2D eigenvalue weighted by atomic mass is 35.5. The van der Waals surface area contributed by atoms with Crippen LogP contribution in [-0.4, -0.2) is 11.6 Å². The molecule has 70 valence electrons. The van der Waals surface area contributed by atoms with Crippen LogP contribution in [0.15, 0.2) is 12.3 Å². The van der Waals surface area contributed by atoms with E-state index in [4.69, 9.17) is 22.1 Å². The second kappa shape index (κ2) is 3.42. The van der Waals surface area contributed by atoms with Gasteiger partial charge in [-0.2, -0.15) is 0 Å². The van der Waals surface area contributed by atoms with Gasteiger partial charge in [-0.25, -0.2) is 4.98 Å². The summed E-state index contributed by atoms with van der Waals surface area (Å²) in [5.74, 6) is 1.20. The molecule has 1 aliphatic carbocycles. The first-order valence-corrected chi connectivity index (χ1v) is 4.67. The molecule has 0 radical (unpaired) electrons. The lowest BCUT2D eigenvalue weighted by Gasteiger charge is -2.06. The molecule has 0 saturated heterocycles. The van der Waals surface area contributed by atoms with Crippen molar-refractivity contribution in [3.63, 3.8) is 0 Å². The van der Waals surface area contributed by atoms with Gasteiger partial charge in [0, 0.05) is 6.20 Å². The molecule has 0 atom stereocenters. The molecule has 1 heterocycles. The van der Waals surface area contributed by atoms with Crippen LogP contribution in [0.5, 0.6) is 5.88 Å². The van der Waals surface area contributed by atoms with Crippen LogP contribution in [0.3, 0.4) is 0 Å². The van der Waals surface area contributed by atoms with E-state index in [1.54, 1.807) is 12.3 Å². The van der Waals surface area contributed by atoms with E-state index in [-0.39, 0.29) is 0 Å². The van der Waals surface area contributed by atoms with E-state index >= 15 is 0 Å². The van der Waals surface area contributed by atoms with Gasteiger partial charge in [-0.1, -0.05) is 11.6 Å². The summed E-state index contributed by atoms with van der Waals surface area (Å²) in [5.41, 5.74) is 6.16. The summed E-state index contributed by atoms with van der Waals surface area (Å²) in [6.45, 7) is 0.721. The van der Waals surface area contributed by atoms with E-state index < -0.39 is 0 Å². The lowest BCUT2D eigenvalue weighted by atomic mass is 10.4. The summed E-state index contributed by atoms with van der Waals surface area (Å²) >= 11 is 5.69. The molecule has 0 bridgehead atoms. The summed E-state index contributed by atoms with van der Waals surface area (Å²) in [5, 5.41) is 0.538. The van der Waals surface area contributed by atoms with Crippen molar-refractivity contribution in [2.45, 2.75) is 12.8 Å². The molecule has 0 aliphatic heterocycles. The van der Waals surface area contributed by atoms with E-state index in [0.29, 0.717) is 22.5 Å². The van der Waals surface area contributed by atoms with Crippen molar-refractivity contribution in [3.05, 3.63) is 17.3 Å². The van der Waals surface area contributed by atoms with Crippen LogP contribution in [0.4, 0.5) is 5.69 Å². The highest BCUT2D eigenvalue weighted by Crippen LogP contribution is 2.30. The van der Waals surface area contributed by atoms with Crippen LogP contribution in [0.1, 0.15) is 12.8 Å². The van der Waals surface area contributed by atoms with Gasteiger partial charge in [0.05, 0.1) is 17.3 Å². The Morgan fingerprint density at radius 1 is 1.62 bits per heavy atom. The third-order valence-electron chi connectivity index (χ3n) is 2.00. The molecule has 0 spiro atoms. The second-order valence-electron chi connectivity index (χ2n) is 3.30. The fraction of sp³-hybridized carbons (Fsp3) is 0.444. The minimum absolute atomic E-state index is 0.497. The van der Waals surface area contributed by atoms with Crippen LogP contribution in [-0.2, 0) is 0 Å². The summed E-state index contributed by atoms with van der Waals surface area (Å²) < 4.78 is 5.42. The fourth-order valence-electron chi connectivity index (χ4n) is 1.04. The van der Waals surface area contributed by atoms with Crippen LogP contribution in [0.25, 0.3) is 0 Å². The van der Waals surface area contributed by atoms with E-state index in [9.17, 15) is 0 Å². The first-order chi connectivity index (χ1) is 6.25. The van der Waals surface area contributed by atoms with Crippen molar-refractivity contribution in [3.8, 4) is 5.88 Å². The van der Waals surface area contributed by atoms with E-state index in [1.807, 2.05) is 0 Å². The molecule has 2 N–H and O–H groups in total. The van der Waals surface area contributed by atoms with E-state index in [2.05, 4.69) is 4.98 Å². The van der Waals surface area contributed by atoms with Crippen molar-refractivity contribution >= 4 is 17.3 Å². The predicted octanol–water partition coefficient (Wildman–Crippen LogP) is 2.11. The highest BCUT2D eigenvalue weighted by molar-refractivity contribution is 6.30. The number of ether oxygens (including phenoxy) is 1. The maximum absolute atomic E-state index is 5.69. The van der Waals surface area contributed by atoms with Gasteiger partial charge in [-0.15, -0.1) is 0 Å². The lowest BCUT2D eigenvalue weighted by molar-refractivity contribution is 0.290. The predicted molar refractivity (Wildman–Crippen MR) is 51.9 cm³/mol. The average Bonchev–Trinajstić information content (AvgIpc) is 2.86. The Balaban J connectivity index is 2.01. The minimum atomic E-state index is 0.497. The lowest BCUT2D eigenvalue weighted by Crippen LogP contribution is -2.03. The monoisotopic (exact) mass is 198 g/mol. The maximum atomic E-state index is 5.69. The Hall–Kier alpha value is -0.960. The summed E-state index contributed by atoms with van der Waals surface area (Å²) in [6.07, 6.45) is 4.06. The Bertz CT molecular complexity index is 312. The topological polar surface area (TPSA) is 48.1 Å². The Morgan fingerprint density at radius 3 is 3.00 bits per heavy atom. The number of nitrogens with two attached hydrogens (primary N) is 1. The second-order valence-corrected chi connectivity index (χ2v) is 3.74. The van der Waals surface area contributed by atoms with Crippen molar-refractivity contribution in [1.29, 1.82) is 0 Å². The number of nitrogens with zero attached hydrogens (tertiary/aromatic N) is 1. The van der Waals surface area contributed by atoms with E-state index in [1.165, 1.54) is 12.8 Å². The van der Waals surface area contributed by atoms with Crippen LogP contribution in [0, 0.1) is 5.92 Å². The van der Waals surface area contributed by atoms with Gasteiger partial charge in [0.1, 0.15) is 0 Å². The van der Waals surface area contributed by atoms with Gasteiger partial charge in [-0.3, -0.25) is 0 Å². The number of nitrogen functional groups attached to an aromatic ring is 1. The normalized spacial score (nSPS) is 15.8. The van der Waals surface area contributed by atoms with Gasteiger partial charge >= 0.3 is 0 Å². The molecule has 13 heavy (non-hydrogen) atoms. The molecule has 1 aliphatic rings. The van der Waals surface area contributed by atoms with E-state index in [0.717, 1.165) is 6.61 Å². The smallest absolute Gasteiger partial charge is 0.237 e. The van der Waals surface area contributed by atoms with Gasteiger partial charge in [0.15, 0.2) is 0 Å². The minimum Gasteiger partial charge on any atom is -0.476 e. The van der Waals surface area contributed by atoms with Gasteiger partial charge in [0.2, 0.25) is 5.88 Å². The van der Waals surface area contributed by atoms with Crippen molar-refractivity contribution < 1.29 is 4.74 Å². The molecule has 1 saturated carbocycles. The maximum Gasteiger partial charge on any atom is 0.237 e. The number of anilines is 1. The molecule has 0 aromatic carbocycles. The van der Waals surface area contributed by atoms with Crippen LogP contribution >= 0.6 is 11.6 Å². The molecule has 1 aromatic heterocycles. The van der Waals surface area contributed by atoms with Crippen LogP contribution in [0.2, 0.25) is 5.02 Å². The number of halogens is 1. The fourth-order valence-corrected chi connectivity index (χ4v) is 1.21. The zero-order chi connectivity index (χ0) is 9.26. The van der Waals surface area contributed by atoms with Gasteiger partial charge in [0.25, 0.3) is 0 Å². The van der Waals surface area contributed by atoms with Crippen molar-refractivity contribution in [2.75, 3.05) is 12.3 Å². The molecule has 0 unspecified atom stereocenters. The number of pyridine rings is 1. The number of hydrogen-bond acceptors (Lipinski definition) is 3. The third-order valence-corrected chi connectivity index (χ3v) is 2.20. The first kappa shape index (κ1) is 8.63. The van der Waals surface area contributed by atoms with Gasteiger partial charge < -0.3 is 10.5 Å². The zero-order valence-electron chi connectivity index (χ0n) is 7.16. The third kappa shape index (κ3) is 2.25. The van der Waals surface area contributed by atoms with Crippen LogP contribution < -0.4 is 10.5 Å². The molecule has 1 fully saturated rings. The Labute approximate surface area is 81.9 Å². The Morgan fingerprint density at radius 2 is 2.38 bits per heavy atom. The molecule has 4 heteroatoms. The first-order valence-electron chi connectivity index (χ1n) is 4.29. The SMILES string of the molecule is Nc1cc(Cl)cnc1OCC1CC1. The molecular weight excluding hydrogens is 188 g/mol. The summed E-state index contributed by atoms with van der Waals surface area (Å²) in [7, 11) is 0. The molecule has 0 amide bonds. The molecule has 3 nitrogen and oxygen atoms in total. The zero-order valence-corrected chi connectivity index (χ0v) is 7.92.